The number of rotatable bonds is 5. The Hall–Kier alpha value is -1.49. The summed E-state index contributed by atoms with van der Waals surface area (Å²) < 4.78 is 0. The van der Waals surface area contributed by atoms with E-state index in [0.29, 0.717) is 13.0 Å². The maximum atomic E-state index is 12.0. The number of nitrogens with one attached hydrogen (secondary N) is 2. The van der Waals surface area contributed by atoms with Crippen LogP contribution in [0.2, 0.25) is 0 Å². The zero-order chi connectivity index (χ0) is 13.6. The van der Waals surface area contributed by atoms with Crippen molar-refractivity contribution < 1.29 is 4.79 Å². The summed E-state index contributed by atoms with van der Waals surface area (Å²) in [5.41, 5.74) is 0.781. The number of aromatic nitrogens is 2. The highest BCUT2D eigenvalue weighted by Gasteiger charge is 2.32. The van der Waals surface area contributed by atoms with Gasteiger partial charge in [0.25, 0.3) is 0 Å². The third-order valence-corrected chi connectivity index (χ3v) is 3.93. The second-order valence-electron chi connectivity index (χ2n) is 5.26. The second kappa shape index (κ2) is 6.61. The molecule has 19 heavy (non-hydrogen) atoms. The van der Waals surface area contributed by atoms with Gasteiger partial charge in [-0.2, -0.15) is 10.2 Å². The van der Waals surface area contributed by atoms with Crippen molar-refractivity contribution in [1.29, 1.82) is 0 Å². The minimum atomic E-state index is -0.00923. The third kappa shape index (κ3) is 3.99. The van der Waals surface area contributed by atoms with E-state index < -0.39 is 0 Å². The average molecular weight is 262 g/mol. The number of nitrogens with zero attached hydrogens (tertiary/aromatic N) is 2. The van der Waals surface area contributed by atoms with Crippen molar-refractivity contribution in [2.24, 2.45) is 0 Å². The molecule has 0 saturated heterocycles. The molecule has 2 rings (SSSR count). The molecular formula is C14H22N4O. The number of hydrogen-bond donors (Lipinski definition) is 2. The Morgan fingerprint density at radius 1 is 1.37 bits per heavy atom. The van der Waals surface area contributed by atoms with Crippen molar-refractivity contribution in [3.8, 4) is 0 Å². The molecule has 1 aromatic rings. The van der Waals surface area contributed by atoms with Crippen LogP contribution in [0.15, 0.2) is 18.3 Å². The molecule has 0 aromatic carbocycles. The van der Waals surface area contributed by atoms with Crippen LogP contribution in [0.3, 0.4) is 0 Å². The summed E-state index contributed by atoms with van der Waals surface area (Å²) >= 11 is 0. The molecular weight excluding hydrogens is 240 g/mol. The van der Waals surface area contributed by atoms with E-state index in [4.69, 9.17) is 0 Å². The minimum Gasteiger partial charge on any atom is -0.350 e. The zero-order valence-electron chi connectivity index (χ0n) is 11.5. The molecule has 1 saturated carbocycles. The van der Waals surface area contributed by atoms with E-state index in [0.717, 1.165) is 18.5 Å². The molecule has 2 N–H and O–H groups in total. The Bertz CT molecular complexity index is 401. The molecule has 5 nitrogen and oxygen atoms in total. The van der Waals surface area contributed by atoms with Gasteiger partial charge in [0.1, 0.15) is 0 Å². The standard InChI is InChI=1S/C14H22N4O/c1-15-14(7-3-2-4-8-14)10-13(19)16-11-12-6-5-9-17-18-12/h5-6,9,15H,2-4,7-8,10-11H2,1H3,(H,16,19). The fraction of sp³-hybridized carbons (Fsp3) is 0.643. The lowest BCUT2D eigenvalue weighted by Gasteiger charge is -2.36. The first kappa shape index (κ1) is 13.9. The first-order chi connectivity index (χ1) is 9.24. The van der Waals surface area contributed by atoms with E-state index in [1.165, 1.54) is 19.3 Å². The Balaban J connectivity index is 1.83. The van der Waals surface area contributed by atoms with Gasteiger partial charge in [0.05, 0.1) is 12.2 Å². The second-order valence-corrected chi connectivity index (χ2v) is 5.26. The van der Waals surface area contributed by atoms with Crippen LogP contribution in [0.4, 0.5) is 0 Å². The van der Waals surface area contributed by atoms with Gasteiger partial charge in [-0.25, -0.2) is 0 Å². The maximum absolute atomic E-state index is 12.0. The van der Waals surface area contributed by atoms with E-state index in [-0.39, 0.29) is 11.4 Å². The molecule has 1 amide bonds. The third-order valence-electron chi connectivity index (χ3n) is 3.93. The highest BCUT2D eigenvalue weighted by molar-refractivity contribution is 5.77. The molecule has 104 valence electrons. The van der Waals surface area contributed by atoms with Gasteiger partial charge in [0.15, 0.2) is 0 Å². The van der Waals surface area contributed by atoms with E-state index in [2.05, 4.69) is 20.8 Å². The quantitative estimate of drug-likeness (QED) is 0.842. The first-order valence-corrected chi connectivity index (χ1v) is 6.96. The van der Waals surface area contributed by atoms with Crippen LogP contribution in [0.1, 0.15) is 44.2 Å². The number of hydrogen-bond acceptors (Lipinski definition) is 4. The fourth-order valence-corrected chi connectivity index (χ4v) is 2.73. The van der Waals surface area contributed by atoms with Crippen LogP contribution in [0.25, 0.3) is 0 Å². The number of carbonyl (C=O) groups is 1. The van der Waals surface area contributed by atoms with Crippen LogP contribution in [0, 0.1) is 0 Å². The first-order valence-electron chi connectivity index (χ1n) is 6.96. The van der Waals surface area contributed by atoms with Crippen molar-refractivity contribution in [3.63, 3.8) is 0 Å². The molecule has 1 aromatic heterocycles. The molecule has 0 unspecified atom stereocenters. The topological polar surface area (TPSA) is 66.9 Å². The fourth-order valence-electron chi connectivity index (χ4n) is 2.73. The van der Waals surface area contributed by atoms with Gasteiger partial charge in [-0.3, -0.25) is 4.79 Å². The highest BCUT2D eigenvalue weighted by atomic mass is 16.1. The van der Waals surface area contributed by atoms with Crippen molar-refractivity contribution in [2.75, 3.05) is 7.05 Å². The SMILES string of the molecule is CNC1(CC(=O)NCc2cccnn2)CCCCC1. The van der Waals surface area contributed by atoms with Gasteiger partial charge in [-0.05, 0) is 32.0 Å². The van der Waals surface area contributed by atoms with Gasteiger partial charge < -0.3 is 10.6 Å². The van der Waals surface area contributed by atoms with Crippen molar-refractivity contribution in [1.82, 2.24) is 20.8 Å². The van der Waals surface area contributed by atoms with Crippen molar-refractivity contribution in [3.05, 3.63) is 24.0 Å². The van der Waals surface area contributed by atoms with Crippen molar-refractivity contribution in [2.45, 2.75) is 50.6 Å². The van der Waals surface area contributed by atoms with Gasteiger partial charge in [-0.15, -0.1) is 0 Å². The molecule has 0 bridgehead atoms. The van der Waals surface area contributed by atoms with E-state index in [9.17, 15) is 4.79 Å². The zero-order valence-corrected chi connectivity index (χ0v) is 11.5. The van der Waals surface area contributed by atoms with Crippen LogP contribution < -0.4 is 10.6 Å². The molecule has 0 atom stereocenters. The van der Waals surface area contributed by atoms with Gasteiger partial charge in [0.2, 0.25) is 5.91 Å². The average Bonchev–Trinajstić information content (AvgIpc) is 2.47. The number of amides is 1. The largest absolute Gasteiger partial charge is 0.350 e. The molecule has 0 spiro atoms. The van der Waals surface area contributed by atoms with Gasteiger partial charge in [-0.1, -0.05) is 19.3 Å². The minimum absolute atomic E-state index is 0.00923. The van der Waals surface area contributed by atoms with Crippen LogP contribution >= 0.6 is 0 Å². The lowest BCUT2D eigenvalue weighted by atomic mass is 9.79. The van der Waals surface area contributed by atoms with Crippen molar-refractivity contribution >= 4 is 5.91 Å². The summed E-state index contributed by atoms with van der Waals surface area (Å²) in [5, 5.41) is 14.0. The molecule has 5 heteroatoms. The van der Waals surface area contributed by atoms with E-state index >= 15 is 0 Å². The van der Waals surface area contributed by atoms with Gasteiger partial charge in [0, 0.05) is 18.2 Å². The van der Waals surface area contributed by atoms with Crippen LogP contribution in [-0.4, -0.2) is 28.7 Å². The number of carbonyl (C=O) groups excluding carboxylic acids is 1. The van der Waals surface area contributed by atoms with E-state index in [1.807, 2.05) is 19.2 Å². The molecule has 0 radical (unpaired) electrons. The molecule has 1 aliphatic carbocycles. The predicted octanol–water partition coefficient (Wildman–Crippen LogP) is 1.41. The molecule has 0 aliphatic heterocycles. The Morgan fingerprint density at radius 2 is 2.16 bits per heavy atom. The van der Waals surface area contributed by atoms with Crippen LogP contribution in [-0.2, 0) is 11.3 Å². The monoisotopic (exact) mass is 262 g/mol. The lowest BCUT2D eigenvalue weighted by Crippen LogP contribution is -2.48. The summed E-state index contributed by atoms with van der Waals surface area (Å²) in [7, 11) is 1.96. The highest BCUT2D eigenvalue weighted by Crippen LogP contribution is 2.30. The smallest absolute Gasteiger partial charge is 0.222 e. The Labute approximate surface area is 114 Å². The summed E-state index contributed by atoms with van der Waals surface area (Å²) in [4.78, 5) is 12.0. The summed E-state index contributed by atoms with van der Waals surface area (Å²) in [6, 6.07) is 3.69. The molecule has 1 heterocycles. The molecule has 1 fully saturated rings. The Kier molecular flexibility index (Phi) is 4.85. The normalized spacial score (nSPS) is 17.9. The summed E-state index contributed by atoms with van der Waals surface area (Å²) in [6.07, 6.45) is 8.04. The Morgan fingerprint density at radius 3 is 2.79 bits per heavy atom. The lowest BCUT2D eigenvalue weighted by molar-refractivity contribution is -0.123. The maximum Gasteiger partial charge on any atom is 0.222 e. The van der Waals surface area contributed by atoms with Gasteiger partial charge >= 0.3 is 0 Å². The molecule has 1 aliphatic rings. The van der Waals surface area contributed by atoms with Crippen LogP contribution in [0.5, 0.6) is 0 Å². The summed E-state index contributed by atoms with van der Waals surface area (Å²) in [6.45, 7) is 0.451. The predicted molar refractivity (Wildman–Crippen MR) is 73.4 cm³/mol. The van der Waals surface area contributed by atoms with E-state index in [1.54, 1.807) is 6.20 Å². The summed E-state index contributed by atoms with van der Waals surface area (Å²) in [5.74, 6) is 0.0851.